The van der Waals surface area contributed by atoms with Gasteiger partial charge in [0.05, 0.1) is 11.3 Å². The first-order valence-electron chi connectivity index (χ1n) is 5.68. The quantitative estimate of drug-likeness (QED) is 0.864. The van der Waals surface area contributed by atoms with Gasteiger partial charge in [-0.1, -0.05) is 12.1 Å². The zero-order valence-corrected chi connectivity index (χ0v) is 9.53. The van der Waals surface area contributed by atoms with E-state index < -0.39 is 0 Å². The summed E-state index contributed by atoms with van der Waals surface area (Å²) in [6.07, 6.45) is 0. The second-order valence-corrected chi connectivity index (χ2v) is 4.30. The number of oxazole rings is 1. The van der Waals surface area contributed by atoms with Crippen molar-refractivity contribution in [2.45, 2.75) is 12.8 Å². The Morgan fingerprint density at radius 3 is 2.76 bits per heavy atom. The maximum absolute atomic E-state index is 13.6. The summed E-state index contributed by atoms with van der Waals surface area (Å²) in [6.45, 7) is 3.72. The van der Waals surface area contributed by atoms with Crippen molar-refractivity contribution in [2.24, 2.45) is 0 Å². The molecule has 3 rings (SSSR count). The summed E-state index contributed by atoms with van der Waals surface area (Å²) < 4.78 is 19.2. The van der Waals surface area contributed by atoms with Crippen LogP contribution in [0.2, 0.25) is 0 Å². The van der Waals surface area contributed by atoms with Crippen LogP contribution in [0.1, 0.15) is 17.4 Å². The summed E-state index contributed by atoms with van der Waals surface area (Å²) in [5, 5.41) is 3.19. The molecule has 2 heterocycles. The molecule has 0 bridgehead atoms. The lowest BCUT2D eigenvalue weighted by molar-refractivity contribution is 0.433. The number of rotatable bonds is 2. The van der Waals surface area contributed by atoms with Crippen molar-refractivity contribution in [3.8, 4) is 11.5 Å². The molecule has 0 amide bonds. The number of aryl methyl sites for hydroxylation is 1. The molecule has 1 aliphatic heterocycles. The zero-order chi connectivity index (χ0) is 11.8. The standard InChI is InChI=1S/C13H13FN2O/c1-8-12(9-6-15-7-9)16-13(17-8)10-4-2-3-5-11(10)14/h2-5,9,15H,6-7H2,1H3. The molecule has 1 aromatic carbocycles. The van der Waals surface area contributed by atoms with Gasteiger partial charge in [-0.15, -0.1) is 0 Å². The maximum Gasteiger partial charge on any atom is 0.229 e. The maximum atomic E-state index is 13.6. The second-order valence-electron chi connectivity index (χ2n) is 4.30. The van der Waals surface area contributed by atoms with Crippen LogP contribution >= 0.6 is 0 Å². The molecule has 3 nitrogen and oxygen atoms in total. The third kappa shape index (κ3) is 1.74. The van der Waals surface area contributed by atoms with E-state index in [9.17, 15) is 4.39 Å². The van der Waals surface area contributed by atoms with E-state index in [0.29, 0.717) is 17.4 Å². The van der Waals surface area contributed by atoms with Crippen LogP contribution in [-0.2, 0) is 0 Å². The average Bonchev–Trinajstić information content (AvgIpc) is 2.59. The molecule has 0 saturated carbocycles. The van der Waals surface area contributed by atoms with Gasteiger partial charge in [0.2, 0.25) is 5.89 Å². The molecule has 0 unspecified atom stereocenters. The Kier molecular flexibility index (Phi) is 2.44. The molecule has 1 aromatic heterocycles. The van der Waals surface area contributed by atoms with E-state index in [0.717, 1.165) is 24.5 Å². The molecule has 0 spiro atoms. The minimum Gasteiger partial charge on any atom is -0.441 e. The normalized spacial score (nSPS) is 15.9. The van der Waals surface area contributed by atoms with Gasteiger partial charge < -0.3 is 9.73 Å². The smallest absolute Gasteiger partial charge is 0.229 e. The predicted octanol–water partition coefficient (Wildman–Crippen LogP) is 2.48. The topological polar surface area (TPSA) is 38.1 Å². The van der Waals surface area contributed by atoms with Crippen LogP contribution in [0.3, 0.4) is 0 Å². The monoisotopic (exact) mass is 232 g/mol. The number of aromatic nitrogens is 1. The SMILES string of the molecule is Cc1oc(-c2ccccc2F)nc1C1CNC1. The molecule has 1 saturated heterocycles. The summed E-state index contributed by atoms with van der Waals surface area (Å²) in [6, 6.07) is 6.54. The van der Waals surface area contributed by atoms with Gasteiger partial charge in [-0.3, -0.25) is 0 Å². The van der Waals surface area contributed by atoms with Gasteiger partial charge in [-0.2, -0.15) is 0 Å². The molecule has 2 aromatic rings. The van der Waals surface area contributed by atoms with Crippen molar-refractivity contribution < 1.29 is 8.81 Å². The van der Waals surface area contributed by atoms with Crippen LogP contribution in [0.25, 0.3) is 11.5 Å². The highest BCUT2D eigenvalue weighted by molar-refractivity contribution is 5.54. The van der Waals surface area contributed by atoms with Crippen LogP contribution in [0.4, 0.5) is 4.39 Å². The highest BCUT2D eigenvalue weighted by Crippen LogP contribution is 2.29. The third-order valence-corrected chi connectivity index (χ3v) is 3.10. The molecule has 1 N–H and O–H groups in total. The second kappa shape index (κ2) is 3.96. The number of hydrogen-bond acceptors (Lipinski definition) is 3. The van der Waals surface area contributed by atoms with E-state index in [4.69, 9.17) is 4.42 Å². The summed E-state index contributed by atoms with van der Waals surface area (Å²) in [5.41, 5.74) is 1.37. The number of nitrogens with zero attached hydrogens (tertiary/aromatic N) is 1. The summed E-state index contributed by atoms with van der Waals surface area (Å²) in [7, 11) is 0. The van der Waals surface area contributed by atoms with E-state index in [1.807, 2.05) is 6.92 Å². The molecule has 4 heteroatoms. The lowest BCUT2D eigenvalue weighted by Gasteiger charge is -2.25. The molecule has 1 fully saturated rings. The van der Waals surface area contributed by atoms with Gasteiger partial charge in [-0.05, 0) is 19.1 Å². The van der Waals surface area contributed by atoms with Crippen molar-refractivity contribution in [1.29, 1.82) is 0 Å². The molecular weight excluding hydrogens is 219 g/mol. The van der Waals surface area contributed by atoms with Crippen molar-refractivity contribution >= 4 is 0 Å². The number of halogens is 1. The van der Waals surface area contributed by atoms with Gasteiger partial charge >= 0.3 is 0 Å². The van der Waals surface area contributed by atoms with Crippen molar-refractivity contribution in [2.75, 3.05) is 13.1 Å². The summed E-state index contributed by atoms with van der Waals surface area (Å²) >= 11 is 0. The molecule has 0 aliphatic carbocycles. The summed E-state index contributed by atoms with van der Waals surface area (Å²) in [5.74, 6) is 1.27. The fraction of sp³-hybridized carbons (Fsp3) is 0.308. The highest BCUT2D eigenvalue weighted by Gasteiger charge is 2.26. The molecule has 88 valence electrons. The Hall–Kier alpha value is -1.68. The highest BCUT2D eigenvalue weighted by atomic mass is 19.1. The number of hydrogen-bond donors (Lipinski definition) is 1. The summed E-state index contributed by atoms with van der Waals surface area (Å²) in [4.78, 5) is 4.42. The van der Waals surface area contributed by atoms with E-state index in [1.54, 1.807) is 18.2 Å². The molecule has 0 radical (unpaired) electrons. The van der Waals surface area contributed by atoms with Gasteiger partial charge in [0.25, 0.3) is 0 Å². The van der Waals surface area contributed by atoms with Gasteiger partial charge in [0.1, 0.15) is 11.6 Å². The first kappa shape index (κ1) is 10.5. The minimum atomic E-state index is -0.299. The number of benzene rings is 1. The van der Waals surface area contributed by atoms with Crippen molar-refractivity contribution in [3.63, 3.8) is 0 Å². The Morgan fingerprint density at radius 1 is 1.35 bits per heavy atom. The minimum absolute atomic E-state index is 0.299. The van der Waals surface area contributed by atoms with Crippen LogP contribution in [0.5, 0.6) is 0 Å². The Labute approximate surface area is 98.7 Å². The average molecular weight is 232 g/mol. The van der Waals surface area contributed by atoms with Crippen molar-refractivity contribution in [3.05, 3.63) is 41.5 Å². The largest absolute Gasteiger partial charge is 0.441 e. The van der Waals surface area contributed by atoms with Gasteiger partial charge in [0.15, 0.2) is 0 Å². The molecule has 0 atom stereocenters. The van der Waals surface area contributed by atoms with Crippen LogP contribution in [0, 0.1) is 12.7 Å². The third-order valence-electron chi connectivity index (χ3n) is 3.10. The van der Waals surface area contributed by atoms with E-state index in [2.05, 4.69) is 10.3 Å². The number of nitrogens with one attached hydrogen (secondary N) is 1. The van der Waals surface area contributed by atoms with Gasteiger partial charge in [0, 0.05) is 19.0 Å². The lowest BCUT2D eigenvalue weighted by atomic mass is 9.98. The van der Waals surface area contributed by atoms with E-state index >= 15 is 0 Å². The molecular formula is C13H13FN2O. The van der Waals surface area contributed by atoms with Crippen LogP contribution < -0.4 is 5.32 Å². The zero-order valence-electron chi connectivity index (χ0n) is 9.53. The first-order chi connectivity index (χ1) is 8.25. The Balaban J connectivity index is 2.01. The fourth-order valence-corrected chi connectivity index (χ4v) is 2.02. The lowest BCUT2D eigenvalue weighted by Crippen LogP contribution is -2.40. The Bertz CT molecular complexity index is 546. The molecule has 1 aliphatic rings. The predicted molar refractivity (Wildman–Crippen MR) is 62.2 cm³/mol. The van der Waals surface area contributed by atoms with E-state index in [-0.39, 0.29) is 5.82 Å². The molecule has 17 heavy (non-hydrogen) atoms. The first-order valence-corrected chi connectivity index (χ1v) is 5.68. The van der Waals surface area contributed by atoms with Crippen LogP contribution in [0.15, 0.2) is 28.7 Å². The fourth-order valence-electron chi connectivity index (χ4n) is 2.02. The Morgan fingerprint density at radius 2 is 2.12 bits per heavy atom. The van der Waals surface area contributed by atoms with Crippen LogP contribution in [-0.4, -0.2) is 18.1 Å². The van der Waals surface area contributed by atoms with E-state index in [1.165, 1.54) is 6.07 Å². The van der Waals surface area contributed by atoms with Crippen molar-refractivity contribution in [1.82, 2.24) is 10.3 Å². The van der Waals surface area contributed by atoms with Gasteiger partial charge in [-0.25, -0.2) is 9.37 Å².